The number of imide groups is 1. The Hall–Kier alpha value is -2.17. The average molecular weight is 577 g/mol. The van der Waals surface area contributed by atoms with Crippen molar-refractivity contribution in [3.8, 4) is 5.75 Å². The average Bonchev–Trinajstić information content (AvgIpc) is 3.41. The van der Waals surface area contributed by atoms with Gasteiger partial charge in [0.2, 0.25) is 11.8 Å². The zero-order valence-corrected chi connectivity index (χ0v) is 21.3. The molecule has 13 heteroatoms. The van der Waals surface area contributed by atoms with Crippen molar-refractivity contribution in [2.45, 2.75) is 23.9 Å². The predicted octanol–water partition coefficient (Wildman–Crippen LogP) is 4.99. The molecule has 0 bridgehead atoms. The molecule has 4 aliphatic rings. The van der Waals surface area contributed by atoms with E-state index >= 15 is 0 Å². The molecule has 2 aromatic carbocycles. The van der Waals surface area contributed by atoms with Gasteiger partial charge in [-0.25, -0.2) is 13.7 Å². The topological polar surface area (TPSA) is 79.0 Å². The highest BCUT2D eigenvalue weighted by Gasteiger charge is 2.77. The molecule has 0 saturated carbocycles. The minimum absolute atomic E-state index is 0.0453. The molecule has 3 fully saturated rings. The number of hydrogen-bond donors (Lipinski definition) is 1. The van der Waals surface area contributed by atoms with Gasteiger partial charge in [-0.05, 0) is 24.3 Å². The summed E-state index contributed by atoms with van der Waals surface area (Å²) in [6.07, 6.45) is -0.691. The summed E-state index contributed by atoms with van der Waals surface area (Å²) >= 11 is 25.1. The second kappa shape index (κ2) is 7.68. The monoisotopic (exact) mass is 575 g/mol. The summed E-state index contributed by atoms with van der Waals surface area (Å²) in [5, 5.41) is 2.98. The van der Waals surface area contributed by atoms with Crippen LogP contribution in [0.2, 0.25) is 20.1 Å². The molecule has 7 nitrogen and oxygen atoms in total. The summed E-state index contributed by atoms with van der Waals surface area (Å²) in [5.41, 5.74) is -1.49. The van der Waals surface area contributed by atoms with Crippen molar-refractivity contribution in [3.05, 3.63) is 49.9 Å². The lowest BCUT2D eigenvalue weighted by atomic mass is 9.75. The van der Waals surface area contributed by atoms with Crippen molar-refractivity contribution in [1.29, 1.82) is 0 Å². The molecule has 4 aliphatic heterocycles. The van der Waals surface area contributed by atoms with E-state index in [-0.39, 0.29) is 42.8 Å². The SMILES string of the molecule is COc1c(Cl)cc(N2C(=O)C3C4CC(F)(F)CN4C4(C(=O)Nc5c(Cl)cc(Cl)cc54)[C@@H]3C2=O)cc1Cl. The molecule has 0 aliphatic carbocycles. The van der Waals surface area contributed by atoms with Crippen LogP contribution in [0.3, 0.4) is 0 Å². The maximum Gasteiger partial charge on any atom is 0.262 e. The summed E-state index contributed by atoms with van der Waals surface area (Å²) < 4.78 is 34.7. The fraction of sp³-hybridized carbons (Fsp3) is 0.348. The first kappa shape index (κ1) is 24.2. The van der Waals surface area contributed by atoms with Crippen LogP contribution in [0, 0.1) is 11.8 Å². The highest BCUT2D eigenvalue weighted by molar-refractivity contribution is 6.39. The number of carbonyl (C=O) groups excluding carboxylic acids is 3. The van der Waals surface area contributed by atoms with Crippen molar-refractivity contribution in [2.24, 2.45) is 11.8 Å². The number of hydrogen-bond acceptors (Lipinski definition) is 5. The number of anilines is 2. The molecule has 3 unspecified atom stereocenters. The van der Waals surface area contributed by atoms with Crippen LogP contribution >= 0.6 is 46.4 Å². The first-order valence-corrected chi connectivity index (χ1v) is 12.3. The Kier molecular flexibility index (Phi) is 5.16. The van der Waals surface area contributed by atoms with E-state index in [9.17, 15) is 23.2 Å². The maximum absolute atomic E-state index is 14.8. The molecule has 1 spiro atoms. The van der Waals surface area contributed by atoms with Crippen LogP contribution < -0.4 is 15.0 Å². The van der Waals surface area contributed by atoms with Crippen LogP contribution in [0.1, 0.15) is 12.0 Å². The molecular weight excluding hydrogens is 562 g/mol. The van der Waals surface area contributed by atoms with Crippen molar-refractivity contribution in [1.82, 2.24) is 4.90 Å². The van der Waals surface area contributed by atoms with Crippen LogP contribution in [0.5, 0.6) is 5.75 Å². The van der Waals surface area contributed by atoms with Gasteiger partial charge in [0.1, 0.15) is 5.54 Å². The summed E-state index contributed by atoms with van der Waals surface area (Å²) in [7, 11) is 1.36. The molecule has 4 atom stereocenters. The molecule has 3 saturated heterocycles. The van der Waals surface area contributed by atoms with Gasteiger partial charge in [-0.2, -0.15) is 0 Å². The zero-order valence-electron chi connectivity index (χ0n) is 18.3. The van der Waals surface area contributed by atoms with E-state index in [1.807, 2.05) is 0 Å². The van der Waals surface area contributed by atoms with Gasteiger partial charge >= 0.3 is 0 Å². The molecule has 1 N–H and O–H groups in total. The number of nitrogens with one attached hydrogen (secondary N) is 1. The van der Waals surface area contributed by atoms with E-state index in [2.05, 4.69) is 5.32 Å². The molecule has 6 rings (SSSR count). The third-order valence-corrected chi connectivity index (χ3v) is 8.55. The van der Waals surface area contributed by atoms with Gasteiger partial charge < -0.3 is 10.1 Å². The normalized spacial score (nSPS) is 30.1. The number of benzene rings is 2. The smallest absolute Gasteiger partial charge is 0.262 e. The van der Waals surface area contributed by atoms with E-state index in [1.54, 1.807) is 0 Å². The Morgan fingerprint density at radius 3 is 2.31 bits per heavy atom. The lowest BCUT2D eigenvalue weighted by Crippen LogP contribution is -2.55. The molecule has 188 valence electrons. The second-order valence-corrected chi connectivity index (χ2v) is 10.9. The van der Waals surface area contributed by atoms with Gasteiger partial charge in [-0.3, -0.25) is 19.3 Å². The number of carbonyl (C=O) groups is 3. The summed E-state index contributed by atoms with van der Waals surface area (Å²) in [6, 6.07) is 4.41. The lowest BCUT2D eigenvalue weighted by Gasteiger charge is -2.36. The standard InChI is InChI=1S/C23H15Cl4F2N3O4/c1-36-18-12(26)4-9(5-13(18)27)32-19(33)15-14-6-22(28,29)7-31(14)23(16(15)20(32)34)10-2-8(24)3-11(25)17(10)30-21(23)35/h2-5,14-16H,6-7H2,1H3,(H,30,35)/t14?,15?,16-,23?/m0/s1. The largest absolute Gasteiger partial charge is 0.494 e. The molecule has 3 amide bonds. The summed E-state index contributed by atoms with van der Waals surface area (Å²) in [5.74, 6) is -7.74. The van der Waals surface area contributed by atoms with Gasteiger partial charge in [-0.15, -0.1) is 0 Å². The minimum atomic E-state index is -3.18. The Morgan fingerprint density at radius 2 is 1.67 bits per heavy atom. The zero-order chi connectivity index (χ0) is 25.9. The maximum atomic E-state index is 14.8. The molecule has 36 heavy (non-hydrogen) atoms. The van der Waals surface area contributed by atoms with Gasteiger partial charge in [0.15, 0.2) is 5.75 Å². The predicted molar refractivity (Wildman–Crippen MR) is 129 cm³/mol. The summed E-state index contributed by atoms with van der Waals surface area (Å²) in [6.45, 7) is -0.803. The number of alkyl halides is 2. The highest BCUT2D eigenvalue weighted by atomic mass is 35.5. The fourth-order valence-electron chi connectivity index (χ4n) is 6.30. The Balaban J connectivity index is 1.57. The van der Waals surface area contributed by atoms with Crippen LogP contribution in [-0.4, -0.2) is 48.2 Å². The van der Waals surface area contributed by atoms with Gasteiger partial charge in [-0.1, -0.05) is 46.4 Å². The van der Waals surface area contributed by atoms with Crippen LogP contribution in [0.4, 0.5) is 20.2 Å². The van der Waals surface area contributed by atoms with E-state index in [0.717, 1.165) is 4.90 Å². The van der Waals surface area contributed by atoms with Crippen molar-refractivity contribution in [3.63, 3.8) is 0 Å². The third kappa shape index (κ3) is 2.92. The van der Waals surface area contributed by atoms with Crippen molar-refractivity contribution < 1.29 is 27.9 Å². The Morgan fingerprint density at radius 1 is 1.00 bits per heavy atom. The summed E-state index contributed by atoms with van der Waals surface area (Å²) in [4.78, 5) is 43.5. The molecular formula is C23H15Cl4F2N3O4. The van der Waals surface area contributed by atoms with Crippen LogP contribution in [-0.2, 0) is 19.9 Å². The first-order chi connectivity index (χ1) is 16.9. The van der Waals surface area contributed by atoms with Gasteiger partial charge in [0, 0.05) is 23.0 Å². The molecule has 2 aromatic rings. The second-order valence-electron chi connectivity index (χ2n) is 9.24. The Labute approximate surface area is 223 Å². The third-order valence-electron chi connectivity index (χ3n) is 7.47. The van der Waals surface area contributed by atoms with E-state index in [1.165, 1.54) is 36.3 Å². The van der Waals surface area contributed by atoms with Crippen molar-refractivity contribution in [2.75, 3.05) is 23.9 Å². The molecule has 0 aromatic heterocycles. The van der Waals surface area contributed by atoms with Gasteiger partial charge in [0.05, 0.1) is 51.9 Å². The number of fused-ring (bicyclic) bond motifs is 7. The van der Waals surface area contributed by atoms with E-state index in [0.29, 0.717) is 0 Å². The van der Waals surface area contributed by atoms with Crippen molar-refractivity contribution >= 4 is 75.5 Å². The lowest BCUT2D eigenvalue weighted by molar-refractivity contribution is -0.136. The highest BCUT2D eigenvalue weighted by Crippen LogP contribution is 2.63. The van der Waals surface area contributed by atoms with E-state index < -0.39 is 60.0 Å². The minimum Gasteiger partial charge on any atom is -0.494 e. The van der Waals surface area contributed by atoms with Gasteiger partial charge in [0.25, 0.3) is 11.8 Å². The molecule has 4 heterocycles. The van der Waals surface area contributed by atoms with Crippen LogP contribution in [0.15, 0.2) is 24.3 Å². The Bertz CT molecular complexity index is 1380. The number of halogens is 6. The van der Waals surface area contributed by atoms with Crippen LogP contribution in [0.25, 0.3) is 0 Å². The number of amides is 3. The molecule has 0 radical (unpaired) electrons. The number of ether oxygens (including phenoxy) is 1. The van der Waals surface area contributed by atoms with E-state index in [4.69, 9.17) is 51.1 Å². The number of rotatable bonds is 2. The quantitative estimate of drug-likeness (QED) is 0.510. The number of methoxy groups -OCH3 is 1. The fourth-order valence-corrected chi connectivity index (χ4v) is 7.47. The first-order valence-electron chi connectivity index (χ1n) is 10.8. The number of nitrogens with zero attached hydrogens (tertiary/aromatic N) is 2.